The molecule has 2 aromatic rings. The molecule has 2 amide bonds. The van der Waals surface area contributed by atoms with Crippen LogP contribution in [0.1, 0.15) is 29.7 Å². The van der Waals surface area contributed by atoms with E-state index in [2.05, 4.69) is 29.3 Å². The maximum atomic E-state index is 14.0. The zero-order valence-electron chi connectivity index (χ0n) is 20.4. The molecule has 0 saturated carbocycles. The van der Waals surface area contributed by atoms with E-state index in [0.717, 1.165) is 17.5 Å². The normalized spacial score (nSPS) is 17.9. The van der Waals surface area contributed by atoms with Crippen LogP contribution in [-0.2, 0) is 20.7 Å². The molecule has 2 aromatic carbocycles. The van der Waals surface area contributed by atoms with Gasteiger partial charge in [-0.05, 0) is 35.2 Å². The highest BCUT2D eigenvalue weighted by molar-refractivity contribution is 5.79. The number of ether oxygens (including phenoxy) is 1. The zero-order valence-corrected chi connectivity index (χ0v) is 20.4. The molecule has 0 radical (unpaired) electrons. The Morgan fingerprint density at radius 3 is 2.26 bits per heavy atom. The van der Waals surface area contributed by atoms with Crippen molar-refractivity contribution in [3.05, 3.63) is 71.0 Å². The highest BCUT2D eigenvalue weighted by Gasteiger charge is 2.25. The van der Waals surface area contributed by atoms with Gasteiger partial charge in [0, 0.05) is 39.3 Å². The van der Waals surface area contributed by atoms with Crippen LogP contribution in [0.25, 0.3) is 0 Å². The Morgan fingerprint density at radius 2 is 1.60 bits per heavy atom. The molecule has 2 fully saturated rings. The largest absolute Gasteiger partial charge is 0.378 e. The van der Waals surface area contributed by atoms with Crippen LogP contribution in [0.4, 0.5) is 4.39 Å². The van der Waals surface area contributed by atoms with Crippen molar-refractivity contribution in [3.63, 3.8) is 0 Å². The Kier molecular flexibility index (Phi) is 8.84. The van der Waals surface area contributed by atoms with Crippen molar-refractivity contribution in [2.75, 3.05) is 65.6 Å². The van der Waals surface area contributed by atoms with E-state index in [1.54, 1.807) is 6.07 Å². The van der Waals surface area contributed by atoms with Crippen molar-refractivity contribution in [2.24, 2.45) is 0 Å². The van der Waals surface area contributed by atoms with Gasteiger partial charge in [0.25, 0.3) is 0 Å². The van der Waals surface area contributed by atoms with Gasteiger partial charge in [-0.1, -0.05) is 43.3 Å². The predicted molar refractivity (Wildman–Crippen MR) is 132 cm³/mol. The summed E-state index contributed by atoms with van der Waals surface area (Å²) in [6, 6.07) is 14.4. The summed E-state index contributed by atoms with van der Waals surface area (Å²) < 4.78 is 19.3. The van der Waals surface area contributed by atoms with Gasteiger partial charge in [0.15, 0.2) is 0 Å². The van der Waals surface area contributed by atoms with Gasteiger partial charge in [0.2, 0.25) is 11.8 Å². The average Bonchev–Trinajstić information content (AvgIpc) is 2.90. The smallest absolute Gasteiger partial charge is 0.236 e. The van der Waals surface area contributed by atoms with E-state index < -0.39 is 0 Å². The summed E-state index contributed by atoms with van der Waals surface area (Å²) in [5, 5.41) is 3.36. The SMILES string of the molecule is CCc1ccc(C(NCC(=O)N2CCN(CC(=O)N3CCOCC3)CC2)c2cccc(F)c2)cc1. The maximum Gasteiger partial charge on any atom is 0.236 e. The van der Waals surface area contributed by atoms with Crippen LogP contribution in [0.2, 0.25) is 0 Å². The fourth-order valence-corrected chi connectivity index (χ4v) is 4.62. The van der Waals surface area contributed by atoms with E-state index in [4.69, 9.17) is 4.74 Å². The fraction of sp³-hybridized carbons (Fsp3) is 0.481. The van der Waals surface area contributed by atoms with Crippen LogP contribution >= 0.6 is 0 Å². The van der Waals surface area contributed by atoms with Crippen LogP contribution in [0.3, 0.4) is 0 Å². The molecule has 2 aliphatic heterocycles. The monoisotopic (exact) mass is 482 g/mol. The minimum atomic E-state index is -0.298. The first-order valence-corrected chi connectivity index (χ1v) is 12.5. The number of hydrogen-bond acceptors (Lipinski definition) is 5. The van der Waals surface area contributed by atoms with Crippen molar-refractivity contribution in [1.29, 1.82) is 0 Å². The third-order valence-electron chi connectivity index (χ3n) is 6.81. The molecule has 188 valence electrons. The quantitative estimate of drug-likeness (QED) is 0.624. The van der Waals surface area contributed by atoms with Crippen LogP contribution in [0.15, 0.2) is 48.5 Å². The molecule has 35 heavy (non-hydrogen) atoms. The molecule has 2 saturated heterocycles. The molecule has 2 aliphatic rings. The minimum absolute atomic E-state index is 0.00994. The molecular weight excluding hydrogens is 447 g/mol. The van der Waals surface area contributed by atoms with E-state index in [1.165, 1.54) is 17.7 Å². The third kappa shape index (κ3) is 6.87. The number of carbonyl (C=O) groups is 2. The molecule has 1 atom stereocenters. The Morgan fingerprint density at radius 1 is 0.914 bits per heavy atom. The van der Waals surface area contributed by atoms with Crippen LogP contribution in [0.5, 0.6) is 0 Å². The average molecular weight is 483 g/mol. The molecule has 0 bridgehead atoms. The van der Waals surface area contributed by atoms with Gasteiger partial charge < -0.3 is 14.5 Å². The van der Waals surface area contributed by atoms with E-state index >= 15 is 0 Å². The summed E-state index contributed by atoms with van der Waals surface area (Å²) in [5.41, 5.74) is 3.01. The summed E-state index contributed by atoms with van der Waals surface area (Å²) in [5.74, 6) is -0.161. The molecule has 4 rings (SSSR count). The van der Waals surface area contributed by atoms with E-state index in [1.807, 2.05) is 28.0 Å². The van der Waals surface area contributed by atoms with Crippen molar-refractivity contribution in [2.45, 2.75) is 19.4 Å². The lowest BCUT2D eigenvalue weighted by Gasteiger charge is -2.36. The van der Waals surface area contributed by atoms with E-state index in [0.29, 0.717) is 59.0 Å². The summed E-state index contributed by atoms with van der Waals surface area (Å²) in [7, 11) is 0. The molecule has 0 spiro atoms. The number of aryl methyl sites for hydroxylation is 1. The summed E-state index contributed by atoms with van der Waals surface area (Å²) in [6.45, 7) is 7.67. The third-order valence-corrected chi connectivity index (χ3v) is 6.81. The number of hydrogen-bond donors (Lipinski definition) is 1. The zero-order chi connectivity index (χ0) is 24.6. The molecule has 7 nitrogen and oxygen atoms in total. The topological polar surface area (TPSA) is 65.1 Å². The number of amides is 2. The Balaban J connectivity index is 1.31. The lowest BCUT2D eigenvalue weighted by atomic mass is 9.97. The fourth-order valence-electron chi connectivity index (χ4n) is 4.62. The first-order valence-electron chi connectivity index (χ1n) is 12.5. The van der Waals surface area contributed by atoms with E-state index in [-0.39, 0.29) is 30.2 Å². The predicted octanol–water partition coefficient (Wildman–Crippen LogP) is 2.07. The molecule has 0 aliphatic carbocycles. The first-order chi connectivity index (χ1) is 17.0. The van der Waals surface area contributed by atoms with Gasteiger partial charge in [-0.2, -0.15) is 0 Å². The highest BCUT2D eigenvalue weighted by Crippen LogP contribution is 2.23. The number of morpholine rings is 1. The van der Waals surface area contributed by atoms with Gasteiger partial charge in [-0.3, -0.25) is 19.8 Å². The number of nitrogens with zero attached hydrogens (tertiary/aromatic N) is 3. The van der Waals surface area contributed by atoms with Gasteiger partial charge in [-0.25, -0.2) is 4.39 Å². The number of carbonyl (C=O) groups excluding carboxylic acids is 2. The minimum Gasteiger partial charge on any atom is -0.378 e. The number of nitrogens with one attached hydrogen (secondary N) is 1. The number of halogens is 1. The second-order valence-electron chi connectivity index (χ2n) is 9.11. The lowest BCUT2D eigenvalue weighted by molar-refractivity contribution is -0.137. The summed E-state index contributed by atoms with van der Waals surface area (Å²) >= 11 is 0. The van der Waals surface area contributed by atoms with E-state index in [9.17, 15) is 14.0 Å². The first kappa shape index (κ1) is 25.3. The second-order valence-corrected chi connectivity index (χ2v) is 9.11. The maximum absolute atomic E-state index is 14.0. The summed E-state index contributed by atoms with van der Waals surface area (Å²) in [6.07, 6.45) is 0.945. The number of benzene rings is 2. The van der Waals surface area contributed by atoms with Gasteiger partial charge in [0.05, 0.1) is 32.3 Å². The van der Waals surface area contributed by atoms with Crippen molar-refractivity contribution in [1.82, 2.24) is 20.0 Å². The standard InChI is InChI=1S/C27H35FN4O3/c1-2-21-6-8-22(9-7-21)27(23-4-3-5-24(28)18-23)29-19-25(33)31-12-10-30(11-13-31)20-26(34)32-14-16-35-17-15-32/h3-9,18,27,29H,2,10-17,19-20H2,1H3. The molecule has 0 aromatic heterocycles. The highest BCUT2D eigenvalue weighted by atomic mass is 19.1. The Labute approximate surface area is 206 Å². The van der Waals surface area contributed by atoms with Gasteiger partial charge in [0.1, 0.15) is 5.82 Å². The Bertz CT molecular complexity index is 986. The van der Waals surface area contributed by atoms with Gasteiger partial charge in [-0.15, -0.1) is 0 Å². The van der Waals surface area contributed by atoms with Crippen LogP contribution < -0.4 is 5.32 Å². The molecule has 1 unspecified atom stereocenters. The number of rotatable bonds is 8. The molecule has 2 heterocycles. The molecule has 8 heteroatoms. The molecule has 1 N–H and O–H groups in total. The van der Waals surface area contributed by atoms with Crippen molar-refractivity contribution in [3.8, 4) is 0 Å². The van der Waals surface area contributed by atoms with Crippen LogP contribution in [0, 0.1) is 5.82 Å². The van der Waals surface area contributed by atoms with Crippen LogP contribution in [-0.4, -0.2) is 92.1 Å². The molecular formula is C27H35FN4O3. The lowest BCUT2D eigenvalue weighted by Crippen LogP contribution is -2.53. The Hall–Kier alpha value is -2.81. The second kappa shape index (κ2) is 12.2. The summed E-state index contributed by atoms with van der Waals surface area (Å²) in [4.78, 5) is 31.3. The van der Waals surface area contributed by atoms with Gasteiger partial charge >= 0.3 is 0 Å². The van der Waals surface area contributed by atoms with Crippen molar-refractivity contribution >= 4 is 11.8 Å². The number of piperazine rings is 1. The van der Waals surface area contributed by atoms with Crippen molar-refractivity contribution < 1.29 is 18.7 Å².